The highest BCUT2D eigenvalue weighted by molar-refractivity contribution is 6.52. The second-order valence-electron chi connectivity index (χ2n) is 4.69. The number of rotatable bonds is 3. The van der Waals surface area contributed by atoms with Crippen molar-refractivity contribution in [3.63, 3.8) is 0 Å². The first kappa shape index (κ1) is 14.0. The molecule has 1 aromatic carbocycles. The highest BCUT2D eigenvalue weighted by Crippen LogP contribution is 2.54. The van der Waals surface area contributed by atoms with Gasteiger partial charge >= 0.3 is 0 Å². The van der Waals surface area contributed by atoms with Gasteiger partial charge in [0.25, 0.3) is 0 Å². The van der Waals surface area contributed by atoms with Gasteiger partial charge in [0.15, 0.2) is 0 Å². The molecule has 0 spiro atoms. The highest BCUT2D eigenvalue weighted by atomic mass is 35.5. The molecule has 0 bridgehead atoms. The van der Waals surface area contributed by atoms with Crippen LogP contribution in [0.1, 0.15) is 24.9 Å². The van der Waals surface area contributed by atoms with Crippen LogP contribution >= 0.6 is 34.8 Å². The fraction of sp³-hybridized carbons (Fsp3) is 0.462. The molecule has 18 heavy (non-hydrogen) atoms. The molecule has 0 heterocycles. The Kier molecular flexibility index (Phi) is 3.82. The normalized spacial score (nSPS) is 22.4. The smallest absolute Gasteiger partial charge is 0.229 e. The van der Waals surface area contributed by atoms with Crippen LogP contribution in [0.25, 0.3) is 0 Å². The summed E-state index contributed by atoms with van der Waals surface area (Å²) < 4.78 is -0.870. The SMILES string of the molecule is CC(c1ccc(Cl)cc1)N(C)C(=O)C1CC1(Cl)Cl. The summed E-state index contributed by atoms with van der Waals surface area (Å²) in [5.41, 5.74) is 1.03. The first-order valence-electron chi connectivity index (χ1n) is 5.73. The van der Waals surface area contributed by atoms with E-state index in [0.29, 0.717) is 11.4 Å². The molecule has 1 aliphatic rings. The van der Waals surface area contributed by atoms with Crippen LogP contribution in [0.4, 0.5) is 0 Å². The van der Waals surface area contributed by atoms with Crippen molar-refractivity contribution in [3.8, 4) is 0 Å². The number of carbonyl (C=O) groups is 1. The van der Waals surface area contributed by atoms with Crippen LogP contribution in [-0.2, 0) is 4.79 Å². The molecule has 0 N–H and O–H groups in total. The third-order valence-corrected chi connectivity index (χ3v) is 4.49. The maximum Gasteiger partial charge on any atom is 0.229 e. The molecule has 1 amide bonds. The van der Waals surface area contributed by atoms with E-state index in [0.717, 1.165) is 5.56 Å². The molecule has 1 aliphatic carbocycles. The quantitative estimate of drug-likeness (QED) is 0.771. The molecule has 98 valence electrons. The molecule has 5 heteroatoms. The minimum atomic E-state index is -0.870. The maximum absolute atomic E-state index is 12.1. The Labute approximate surface area is 122 Å². The van der Waals surface area contributed by atoms with Gasteiger partial charge in [-0.2, -0.15) is 0 Å². The van der Waals surface area contributed by atoms with Crippen molar-refractivity contribution < 1.29 is 4.79 Å². The number of halogens is 3. The zero-order valence-electron chi connectivity index (χ0n) is 10.2. The molecule has 2 nitrogen and oxygen atoms in total. The zero-order chi connectivity index (χ0) is 13.5. The van der Waals surface area contributed by atoms with E-state index in [9.17, 15) is 4.79 Å². The van der Waals surface area contributed by atoms with Gasteiger partial charge in [-0.15, -0.1) is 23.2 Å². The van der Waals surface area contributed by atoms with E-state index in [1.807, 2.05) is 31.2 Å². The number of amides is 1. The van der Waals surface area contributed by atoms with Gasteiger partial charge in [0.1, 0.15) is 4.33 Å². The van der Waals surface area contributed by atoms with Crippen LogP contribution in [0, 0.1) is 5.92 Å². The monoisotopic (exact) mass is 305 g/mol. The lowest BCUT2D eigenvalue weighted by atomic mass is 10.1. The number of hydrogen-bond acceptors (Lipinski definition) is 1. The molecule has 0 saturated heterocycles. The number of hydrogen-bond donors (Lipinski definition) is 0. The molecule has 2 unspecified atom stereocenters. The Morgan fingerprint density at radius 2 is 1.89 bits per heavy atom. The van der Waals surface area contributed by atoms with E-state index >= 15 is 0 Å². The van der Waals surface area contributed by atoms with Gasteiger partial charge in [0, 0.05) is 12.1 Å². The standard InChI is InChI=1S/C13H14Cl3NO/c1-8(9-3-5-10(14)6-4-9)17(2)12(18)11-7-13(11,15)16/h3-6,8,11H,7H2,1-2H3. The highest BCUT2D eigenvalue weighted by Gasteiger charge is 2.57. The lowest BCUT2D eigenvalue weighted by molar-refractivity contribution is -0.133. The number of benzene rings is 1. The summed E-state index contributed by atoms with van der Waals surface area (Å²) in [6.07, 6.45) is 0.534. The van der Waals surface area contributed by atoms with Crippen LogP contribution in [0.15, 0.2) is 24.3 Å². The number of nitrogens with zero attached hydrogens (tertiary/aromatic N) is 1. The molecule has 1 aromatic rings. The summed E-state index contributed by atoms with van der Waals surface area (Å²) in [7, 11) is 1.77. The summed E-state index contributed by atoms with van der Waals surface area (Å²) in [5, 5.41) is 0.683. The Balaban J connectivity index is 2.07. The van der Waals surface area contributed by atoms with E-state index in [4.69, 9.17) is 34.8 Å². The van der Waals surface area contributed by atoms with E-state index < -0.39 is 4.33 Å². The third-order valence-electron chi connectivity index (χ3n) is 3.41. The average molecular weight is 307 g/mol. The fourth-order valence-corrected chi connectivity index (χ4v) is 2.50. The Hall–Kier alpha value is -0.440. The molecular weight excluding hydrogens is 293 g/mol. The zero-order valence-corrected chi connectivity index (χ0v) is 12.4. The molecular formula is C13H14Cl3NO. The Morgan fingerprint density at radius 3 is 2.33 bits per heavy atom. The van der Waals surface area contributed by atoms with Crippen LogP contribution in [-0.4, -0.2) is 22.2 Å². The lowest BCUT2D eigenvalue weighted by Crippen LogP contribution is -2.32. The van der Waals surface area contributed by atoms with Gasteiger partial charge in [-0.3, -0.25) is 4.79 Å². The van der Waals surface area contributed by atoms with Crippen molar-refractivity contribution >= 4 is 40.7 Å². The summed E-state index contributed by atoms with van der Waals surface area (Å²) >= 11 is 17.7. The van der Waals surface area contributed by atoms with Gasteiger partial charge in [-0.25, -0.2) is 0 Å². The van der Waals surface area contributed by atoms with E-state index in [1.54, 1.807) is 11.9 Å². The second-order valence-corrected chi connectivity index (χ2v) is 6.67. The van der Waals surface area contributed by atoms with Crippen LogP contribution in [0.2, 0.25) is 5.02 Å². The first-order chi connectivity index (χ1) is 8.33. The van der Waals surface area contributed by atoms with Gasteiger partial charge in [0.05, 0.1) is 12.0 Å². The van der Waals surface area contributed by atoms with Gasteiger partial charge in [-0.1, -0.05) is 23.7 Å². The summed E-state index contributed by atoms with van der Waals surface area (Å²) in [5.74, 6) is -0.289. The molecule has 0 aromatic heterocycles. The minimum absolute atomic E-state index is 0.0116. The Bertz CT molecular complexity index is 458. The second kappa shape index (κ2) is 4.92. The van der Waals surface area contributed by atoms with Crippen LogP contribution in [0.5, 0.6) is 0 Å². The summed E-state index contributed by atoms with van der Waals surface area (Å²) in [4.78, 5) is 13.8. The number of carbonyl (C=O) groups excluding carboxylic acids is 1. The van der Waals surface area contributed by atoms with Crippen LogP contribution in [0.3, 0.4) is 0 Å². The average Bonchev–Trinajstić information content (AvgIpc) is 2.96. The Morgan fingerprint density at radius 1 is 1.39 bits per heavy atom. The van der Waals surface area contributed by atoms with Crippen molar-refractivity contribution in [2.45, 2.75) is 23.7 Å². The topological polar surface area (TPSA) is 20.3 Å². The largest absolute Gasteiger partial charge is 0.339 e. The molecule has 2 atom stereocenters. The molecule has 1 fully saturated rings. The summed E-state index contributed by atoms with van der Waals surface area (Å²) in [6, 6.07) is 7.43. The predicted octanol–water partition coefficient (Wildman–Crippen LogP) is 4.05. The molecule has 0 aliphatic heterocycles. The minimum Gasteiger partial charge on any atom is -0.339 e. The molecule has 1 saturated carbocycles. The predicted molar refractivity (Wildman–Crippen MR) is 75.2 cm³/mol. The van der Waals surface area contributed by atoms with E-state index in [2.05, 4.69) is 0 Å². The molecule has 2 rings (SSSR count). The van der Waals surface area contributed by atoms with Gasteiger partial charge < -0.3 is 4.90 Å². The van der Waals surface area contributed by atoms with Crippen molar-refractivity contribution in [2.75, 3.05) is 7.05 Å². The van der Waals surface area contributed by atoms with Gasteiger partial charge in [-0.05, 0) is 31.0 Å². The van der Waals surface area contributed by atoms with Crippen LogP contribution < -0.4 is 0 Å². The van der Waals surface area contributed by atoms with Crippen molar-refractivity contribution in [3.05, 3.63) is 34.9 Å². The third kappa shape index (κ3) is 2.76. The lowest BCUT2D eigenvalue weighted by Gasteiger charge is -2.25. The van der Waals surface area contributed by atoms with E-state index in [1.165, 1.54) is 0 Å². The van der Waals surface area contributed by atoms with Crippen molar-refractivity contribution in [2.24, 2.45) is 5.92 Å². The van der Waals surface area contributed by atoms with Crippen molar-refractivity contribution in [1.29, 1.82) is 0 Å². The summed E-state index contributed by atoms with van der Waals surface area (Å²) in [6.45, 7) is 1.97. The van der Waals surface area contributed by atoms with Crippen molar-refractivity contribution in [1.82, 2.24) is 4.90 Å². The van der Waals surface area contributed by atoms with Gasteiger partial charge in [0.2, 0.25) is 5.91 Å². The maximum atomic E-state index is 12.1. The number of alkyl halides is 2. The first-order valence-corrected chi connectivity index (χ1v) is 6.86. The molecule has 0 radical (unpaired) electrons. The fourth-order valence-electron chi connectivity index (χ4n) is 1.88. The van der Waals surface area contributed by atoms with E-state index in [-0.39, 0.29) is 17.9 Å².